The summed E-state index contributed by atoms with van der Waals surface area (Å²) >= 11 is 11.9. The van der Waals surface area contributed by atoms with Gasteiger partial charge in [-0.25, -0.2) is 0 Å². The molecule has 0 spiro atoms. The third kappa shape index (κ3) is 3.20. The standard InChI is InChI=1S/C18H21ClN2O3S/c1-4-24-17-11(19)8-10(9-14(17)23-3)16-15-12(6-5-7-13(15)22)21(2)18(25)20-16/h8-9,16H,4-7H2,1-3H3,(H,20,25). The third-order valence-electron chi connectivity index (χ3n) is 4.57. The first-order valence-electron chi connectivity index (χ1n) is 8.28. The molecule has 0 amide bonds. The number of rotatable bonds is 4. The normalized spacial score (nSPS) is 20.3. The lowest BCUT2D eigenvalue weighted by molar-refractivity contribution is -0.116. The number of nitrogens with one attached hydrogen (secondary N) is 1. The van der Waals surface area contributed by atoms with Crippen molar-refractivity contribution in [1.29, 1.82) is 0 Å². The van der Waals surface area contributed by atoms with Crippen LogP contribution in [0.15, 0.2) is 23.4 Å². The molecule has 1 aromatic rings. The van der Waals surface area contributed by atoms with Crippen molar-refractivity contribution in [3.63, 3.8) is 0 Å². The van der Waals surface area contributed by atoms with E-state index in [1.165, 1.54) is 0 Å². The van der Waals surface area contributed by atoms with E-state index in [0.29, 0.717) is 34.7 Å². The van der Waals surface area contributed by atoms with E-state index in [0.717, 1.165) is 29.7 Å². The van der Waals surface area contributed by atoms with Crippen LogP contribution in [0.3, 0.4) is 0 Å². The molecule has 0 fully saturated rings. The van der Waals surface area contributed by atoms with Crippen LogP contribution in [0, 0.1) is 0 Å². The summed E-state index contributed by atoms with van der Waals surface area (Å²) in [6.45, 7) is 2.37. The highest BCUT2D eigenvalue weighted by molar-refractivity contribution is 7.80. The van der Waals surface area contributed by atoms with Gasteiger partial charge in [-0.15, -0.1) is 0 Å². The molecule has 134 valence electrons. The SMILES string of the molecule is CCOc1c(Cl)cc(C2NC(=S)N(C)C3=C2C(=O)CCC3)cc1OC. The summed E-state index contributed by atoms with van der Waals surface area (Å²) in [6.07, 6.45) is 2.25. The van der Waals surface area contributed by atoms with E-state index in [1.807, 2.05) is 31.0 Å². The summed E-state index contributed by atoms with van der Waals surface area (Å²) < 4.78 is 11.0. The zero-order valence-corrected chi connectivity index (χ0v) is 16.1. The zero-order chi connectivity index (χ0) is 18.1. The minimum atomic E-state index is -0.325. The zero-order valence-electron chi connectivity index (χ0n) is 14.5. The van der Waals surface area contributed by atoms with Gasteiger partial charge in [-0.1, -0.05) is 11.6 Å². The molecule has 1 N–H and O–H groups in total. The molecule has 5 nitrogen and oxygen atoms in total. The molecule has 1 aromatic carbocycles. The molecule has 2 aliphatic rings. The van der Waals surface area contributed by atoms with Crippen molar-refractivity contribution in [3.8, 4) is 11.5 Å². The summed E-state index contributed by atoms with van der Waals surface area (Å²) in [5.74, 6) is 1.20. The Kier molecular flexibility index (Phi) is 5.20. The van der Waals surface area contributed by atoms with E-state index in [9.17, 15) is 4.79 Å². The maximum atomic E-state index is 12.6. The number of thiocarbonyl (C=S) groups is 1. The minimum Gasteiger partial charge on any atom is -0.493 e. The molecule has 0 saturated heterocycles. The lowest BCUT2D eigenvalue weighted by atomic mass is 9.85. The highest BCUT2D eigenvalue weighted by Crippen LogP contribution is 2.42. The molecule has 3 rings (SSSR count). The van der Waals surface area contributed by atoms with Gasteiger partial charge in [0.05, 0.1) is 24.8 Å². The van der Waals surface area contributed by atoms with Crippen LogP contribution >= 0.6 is 23.8 Å². The lowest BCUT2D eigenvalue weighted by Crippen LogP contribution is -2.47. The smallest absolute Gasteiger partial charge is 0.179 e. The number of nitrogens with zero attached hydrogens (tertiary/aromatic N) is 1. The van der Waals surface area contributed by atoms with Gasteiger partial charge in [-0.2, -0.15) is 0 Å². The second kappa shape index (κ2) is 7.22. The predicted octanol–water partition coefficient (Wildman–Crippen LogP) is 3.62. The molecule has 0 bridgehead atoms. The number of methoxy groups -OCH3 is 1. The van der Waals surface area contributed by atoms with Crippen LogP contribution in [0.4, 0.5) is 0 Å². The van der Waals surface area contributed by atoms with Crippen molar-refractivity contribution in [2.75, 3.05) is 20.8 Å². The van der Waals surface area contributed by atoms with Crippen molar-refractivity contribution in [1.82, 2.24) is 10.2 Å². The fourth-order valence-electron chi connectivity index (χ4n) is 3.38. The number of benzene rings is 1. The van der Waals surface area contributed by atoms with Gasteiger partial charge in [0.2, 0.25) is 0 Å². The number of carbonyl (C=O) groups excluding carboxylic acids is 1. The number of carbonyl (C=O) groups is 1. The molecule has 1 aliphatic heterocycles. The van der Waals surface area contributed by atoms with Crippen molar-refractivity contribution in [2.24, 2.45) is 0 Å². The molecule has 0 saturated carbocycles. The average molecular weight is 381 g/mol. The molecular weight excluding hydrogens is 360 g/mol. The van der Waals surface area contributed by atoms with Crippen LogP contribution < -0.4 is 14.8 Å². The van der Waals surface area contributed by atoms with Crippen LogP contribution in [0.1, 0.15) is 37.8 Å². The second-order valence-electron chi connectivity index (χ2n) is 6.05. The highest BCUT2D eigenvalue weighted by atomic mass is 35.5. The van der Waals surface area contributed by atoms with Gasteiger partial charge < -0.3 is 19.7 Å². The Morgan fingerprint density at radius 2 is 2.16 bits per heavy atom. The second-order valence-corrected chi connectivity index (χ2v) is 6.84. The maximum absolute atomic E-state index is 12.6. The molecule has 1 atom stereocenters. The molecular formula is C18H21ClN2O3S. The van der Waals surface area contributed by atoms with E-state index in [-0.39, 0.29) is 11.8 Å². The van der Waals surface area contributed by atoms with Crippen LogP contribution in [0.25, 0.3) is 0 Å². The largest absolute Gasteiger partial charge is 0.493 e. The molecule has 7 heteroatoms. The van der Waals surface area contributed by atoms with Crippen LogP contribution in [0.2, 0.25) is 5.02 Å². The minimum absolute atomic E-state index is 0.150. The Hall–Kier alpha value is -1.79. The van der Waals surface area contributed by atoms with Gasteiger partial charge >= 0.3 is 0 Å². The number of ketones is 1. The van der Waals surface area contributed by atoms with Crippen molar-refractivity contribution >= 4 is 34.7 Å². The molecule has 1 heterocycles. The van der Waals surface area contributed by atoms with Crippen LogP contribution in [-0.4, -0.2) is 36.6 Å². The van der Waals surface area contributed by atoms with E-state index in [4.69, 9.17) is 33.3 Å². The lowest BCUT2D eigenvalue weighted by Gasteiger charge is -2.39. The first kappa shape index (κ1) is 18.0. The monoisotopic (exact) mass is 380 g/mol. The van der Waals surface area contributed by atoms with Gasteiger partial charge in [0, 0.05) is 24.7 Å². The van der Waals surface area contributed by atoms with Gasteiger partial charge in [-0.3, -0.25) is 4.79 Å². The number of allylic oxidation sites excluding steroid dienone is 1. The molecule has 1 unspecified atom stereocenters. The maximum Gasteiger partial charge on any atom is 0.179 e. The Bertz CT molecular complexity index is 763. The average Bonchev–Trinajstić information content (AvgIpc) is 2.60. The van der Waals surface area contributed by atoms with Gasteiger partial charge in [0.1, 0.15) is 0 Å². The first-order chi connectivity index (χ1) is 12.0. The van der Waals surface area contributed by atoms with Crippen molar-refractivity contribution in [3.05, 3.63) is 34.0 Å². The fourth-order valence-corrected chi connectivity index (χ4v) is 3.88. The van der Waals surface area contributed by atoms with E-state index >= 15 is 0 Å². The molecule has 1 aliphatic carbocycles. The van der Waals surface area contributed by atoms with Gasteiger partial charge in [0.25, 0.3) is 0 Å². The van der Waals surface area contributed by atoms with E-state index in [2.05, 4.69) is 5.32 Å². The van der Waals surface area contributed by atoms with Crippen LogP contribution in [0.5, 0.6) is 11.5 Å². The highest BCUT2D eigenvalue weighted by Gasteiger charge is 2.36. The predicted molar refractivity (Wildman–Crippen MR) is 101 cm³/mol. The summed E-state index contributed by atoms with van der Waals surface area (Å²) in [5.41, 5.74) is 2.60. The van der Waals surface area contributed by atoms with Gasteiger partial charge in [0.15, 0.2) is 22.4 Å². The first-order valence-corrected chi connectivity index (χ1v) is 9.07. The van der Waals surface area contributed by atoms with Crippen molar-refractivity contribution in [2.45, 2.75) is 32.2 Å². The quantitative estimate of drug-likeness (QED) is 0.805. The Morgan fingerprint density at radius 1 is 1.40 bits per heavy atom. The number of ether oxygens (including phenoxy) is 2. The Balaban J connectivity index is 2.11. The fraction of sp³-hybridized carbons (Fsp3) is 0.444. The summed E-state index contributed by atoms with van der Waals surface area (Å²) in [7, 11) is 3.46. The Morgan fingerprint density at radius 3 is 2.84 bits per heavy atom. The summed E-state index contributed by atoms with van der Waals surface area (Å²) in [5, 5.41) is 4.32. The number of halogens is 1. The molecule has 0 radical (unpaired) electrons. The Labute approximate surface area is 157 Å². The summed E-state index contributed by atoms with van der Waals surface area (Å²) in [4.78, 5) is 14.5. The van der Waals surface area contributed by atoms with E-state index in [1.54, 1.807) is 7.11 Å². The molecule has 25 heavy (non-hydrogen) atoms. The number of Topliss-reactive ketones (excluding diaryl/α,β-unsaturated/α-hetero) is 1. The van der Waals surface area contributed by atoms with E-state index < -0.39 is 0 Å². The number of hydrogen-bond acceptors (Lipinski definition) is 4. The third-order valence-corrected chi connectivity index (χ3v) is 5.24. The summed E-state index contributed by atoms with van der Waals surface area (Å²) in [6, 6.07) is 3.34. The number of hydrogen-bond donors (Lipinski definition) is 1. The topological polar surface area (TPSA) is 50.8 Å². The van der Waals surface area contributed by atoms with Crippen LogP contribution in [-0.2, 0) is 4.79 Å². The molecule has 0 aromatic heterocycles. The van der Waals surface area contributed by atoms with Crippen molar-refractivity contribution < 1.29 is 14.3 Å². The van der Waals surface area contributed by atoms with Gasteiger partial charge in [-0.05, 0) is 49.7 Å².